The minimum atomic E-state index is -0.214. The highest BCUT2D eigenvalue weighted by Gasteiger charge is 1.99. The summed E-state index contributed by atoms with van der Waals surface area (Å²) in [6, 6.07) is 12.4. The van der Waals surface area contributed by atoms with Gasteiger partial charge in [-0.3, -0.25) is 0 Å². The molecule has 4 heteroatoms. The van der Waals surface area contributed by atoms with Crippen molar-refractivity contribution in [2.24, 2.45) is 0 Å². The highest BCUT2D eigenvalue weighted by molar-refractivity contribution is 9.10. The first kappa shape index (κ1) is 13.9. The summed E-state index contributed by atoms with van der Waals surface area (Å²) in [4.78, 5) is 0. The largest absolute Gasteiger partial charge is 0.492 e. The number of anilines is 1. The molecule has 2 rings (SSSR count). The van der Waals surface area contributed by atoms with E-state index in [0.717, 1.165) is 21.5 Å². The van der Waals surface area contributed by atoms with Gasteiger partial charge >= 0.3 is 0 Å². The molecule has 0 amide bonds. The van der Waals surface area contributed by atoms with Crippen molar-refractivity contribution in [3.63, 3.8) is 0 Å². The summed E-state index contributed by atoms with van der Waals surface area (Å²) in [6.45, 7) is 3.10. The van der Waals surface area contributed by atoms with Crippen molar-refractivity contribution in [3.05, 3.63) is 58.3 Å². The molecular weight excluding hydrogens is 309 g/mol. The Bertz CT molecular complexity index is 542. The van der Waals surface area contributed by atoms with Crippen molar-refractivity contribution < 1.29 is 9.13 Å². The molecule has 2 aromatic rings. The maximum absolute atomic E-state index is 12.9. The van der Waals surface area contributed by atoms with Gasteiger partial charge in [0.25, 0.3) is 0 Å². The topological polar surface area (TPSA) is 21.3 Å². The van der Waals surface area contributed by atoms with Gasteiger partial charge < -0.3 is 10.1 Å². The predicted octanol–water partition coefficient (Wildman–Crippen LogP) is 4.39. The molecule has 0 heterocycles. The van der Waals surface area contributed by atoms with E-state index in [1.54, 1.807) is 6.07 Å². The average molecular weight is 324 g/mol. The second-order valence-corrected chi connectivity index (χ2v) is 5.10. The smallest absolute Gasteiger partial charge is 0.123 e. The maximum atomic E-state index is 12.9. The van der Waals surface area contributed by atoms with Gasteiger partial charge in [0.2, 0.25) is 0 Å². The molecule has 0 fully saturated rings. The quantitative estimate of drug-likeness (QED) is 0.824. The van der Waals surface area contributed by atoms with Crippen molar-refractivity contribution in [1.82, 2.24) is 0 Å². The summed E-state index contributed by atoms with van der Waals surface area (Å²) in [5.74, 6) is 0.620. The van der Waals surface area contributed by atoms with Gasteiger partial charge in [0.15, 0.2) is 0 Å². The van der Waals surface area contributed by atoms with Crippen LogP contribution in [0.4, 0.5) is 10.1 Å². The minimum absolute atomic E-state index is 0.214. The number of aryl methyl sites for hydroxylation is 1. The standard InChI is InChI=1S/C15H15BrFNO/c1-11-10-13(17)4-7-15(11)18-8-9-19-14-5-2-12(16)3-6-14/h2-7,10,18H,8-9H2,1H3. The monoisotopic (exact) mass is 323 g/mol. The van der Waals surface area contributed by atoms with Crippen molar-refractivity contribution in [3.8, 4) is 5.75 Å². The molecule has 1 N–H and O–H groups in total. The van der Waals surface area contributed by atoms with E-state index >= 15 is 0 Å². The third kappa shape index (κ3) is 4.24. The predicted molar refractivity (Wildman–Crippen MR) is 79.3 cm³/mol. The van der Waals surface area contributed by atoms with Crippen LogP contribution in [0.25, 0.3) is 0 Å². The highest BCUT2D eigenvalue weighted by Crippen LogP contribution is 2.17. The SMILES string of the molecule is Cc1cc(F)ccc1NCCOc1ccc(Br)cc1. The van der Waals surface area contributed by atoms with E-state index in [9.17, 15) is 4.39 Å². The Balaban J connectivity index is 1.79. The lowest BCUT2D eigenvalue weighted by molar-refractivity contribution is 0.333. The first-order chi connectivity index (χ1) is 9.15. The molecule has 19 heavy (non-hydrogen) atoms. The summed E-state index contributed by atoms with van der Waals surface area (Å²) >= 11 is 3.37. The van der Waals surface area contributed by atoms with E-state index in [-0.39, 0.29) is 5.82 Å². The van der Waals surface area contributed by atoms with Gasteiger partial charge in [-0.05, 0) is 55.0 Å². The van der Waals surface area contributed by atoms with Crippen LogP contribution in [0.1, 0.15) is 5.56 Å². The fraction of sp³-hybridized carbons (Fsp3) is 0.200. The molecule has 0 unspecified atom stereocenters. The van der Waals surface area contributed by atoms with Crippen LogP contribution in [-0.4, -0.2) is 13.2 Å². The van der Waals surface area contributed by atoms with Gasteiger partial charge in [-0.15, -0.1) is 0 Å². The molecule has 0 aromatic heterocycles. The Labute approximate surface area is 120 Å². The molecule has 0 aliphatic rings. The normalized spacial score (nSPS) is 10.3. The number of ether oxygens (including phenoxy) is 1. The zero-order chi connectivity index (χ0) is 13.7. The molecule has 100 valence electrons. The van der Waals surface area contributed by atoms with Gasteiger partial charge in [0.1, 0.15) is 18.2 Å². The van der Waals surface area contributed by atoms with E-state index in [1.807, 2.05) is 31.2 Å². The summed E-state index contributed by atoms with van der Waals surface area (Å²) < 4.78 is 19.6. The lowest BCUT2D eigenvalue weighted by Gasteiger charge is -2.10. The fourth-order valence-corrected chi connectivity index (χ4v) is 1.98. The molecule has 2 nitrogen and oxygen atoms in total. The van der Waals surface area contributed by atoms with Crippen LogP contribution in [0.5, 0.6) is 5.75 Å². The van der Waals surface area contributed by atoms with Crippen LogP contribution in [0, 0.1) is 12.7 Å². The van der Waals surface area contributed by atoms with Crippen LogP contribution < -0.4 is 10.1 Å². The fourth-order valence-electron chi connectivity index (χ4n) is 1.71. The van der Waals surface area contributed by atoms with Gasteiger partial charge in [-0.1, -0.05) is 15.9 Å². The van der Waals surface area contributed by atoms with Gasteiger partial charge in [0.05, 0.1) is 0 Å². The molecule has 0 aliphatic carbocycles. The third-order valence-corrected chi connectivity index (χ3v) is 3.22. The molecular formula is C15H15BrFNO. The molecule has 2 aromatic carbocycles. The molecule has 0 saturated heterocycles. The minimum Gasteiger partial charge on any atom is -0.492 e. The summed E-state index contributed by atoms with van der Waals surface area (Å²) in [5.41, 5.74) is 1.82. The lowest BCUT2D eigenvalue weighted by Crippen LogP contribution is -2.12. The Kier molecular flexibility index (Phi) is 4.80. The lowest BCUT2D eigenvalue weighted by atomic mass is 10.2. The first-order valence-electron chi connectivity index (χ1n) is 6.03. The second kappa shape index (κ2) is 6.57. The molecule has 0 spiro atoms. The molecule has 0 bridgehead atoms. The van der Waals surface area contributed by atoms with Crippen LogP contribution in [0.15, 0.2) is 46.9 Å². The zero-order valence-corrected chi connectivity index (χ0v) is 12.2. The van der Waals surface area contributed by atoms with E-state index < -0.39 is 0 Å². The van der Waals surface area contributed by atoms with E-state index in [2.05, 4.69) is 21.2 Å². The van der Waals surface area contributed by atoms with E-state index in [0.29, 0.717) is 13.2 Å². The molecule has 0 radical (unpaired) electrons. The Morgan fingerprint density at radius 2 is 1.89 bits per heavy atom. The zero-order valence-electron chi connectivity index (χ0n) is 10.6. The van der Waals surface area contributed by atoms with Gasteiger partial charge in [-0.2, -0.15) is 0 Å². The van der Waals surface area contributed by atoms with E-state index in [4.69, 9.17) is 4.74 Å². The third-order valence-electron chi connectivity index (χ3n) is 2.69. The average Bonchev–Trinajstić information content (AvgIpc) is 2.39. The Hall–Kier alpha value is -1.55. The summed E-state index contributed by atoms with van der Waals surface area (Å²) in [7, 11) is 0. The van der Waals surface area contributed by atoms with Crippen LogP contribution in [-0.2, 0) is 0 Å². The number of hydrogen-bond acceptors (Lipinski definition) is 2. The van der Waals surface area contributed by atoms with Crippen LogP contribution in [0.2, 0.25) is 0 Å². The number of hydrogen-bond donors (Lipinski definition) is 1. The first-order valence-corrected chi connectivity index (χ1v) is 6.83. The Morgan fingerprint density at radius 3 is 2.58 bits per heavy atom. The van der Waals surface area contributed by atoms with Crippen molar-refractivity contribution in [2.75, 3.05) is 18.5 Å². The summed E-state index contributed by atoms with van der Waals surface area (Å²) in [6.07, 6.45) is 0. The molecule has 0 atom stereocenters. The highest BCUT2D eigenvalue weighted by atomic mass is 79.9. The molecule has 0 saturated carbocycles. The van der Waals surface area contributed by atoms with Gasteiger partial charge in [0, 0.05) is 16.7 Å². The maximum Gasteiger partial charge on any atom is 0.123 e. The number of benzene rings is 2. The van der Waals surface area contributed by atoms with Crippen LogP contribution in [0.3, 0.4) is 0 Å². The van der Waals surface area contributed by atoms with Gasteiger partial charge in [-0.25, -0.2) is 4.39 Å². The van der Waals surface area contributed by atoms with E-state index in [1.165, 1.54) is 12.1 Å². The molecule has 0 aliphatic heterocycles. The Morgan fingerprint density at radius 1 is 1.16 bits per heavy atom. The number of halogens is 2. The van der Waals surface area contributed by atoms with Crippen molar-refractivity contribution >= 4 is 21.6 Å². The number of nitrogens with one attached hydrogen (secondary N) is 1. The number of rotatable bonds is 5. The van der Waals surface area contributed by atoms with Crippen molar-refractivity contribution in [2.45, 2.75) is 6.92 Å². The second-order valence-electron chi connectivity index (χ2n) is 4.19. The van der Waals surface area contributed by atoms with Crippen LogP contribution >= 0.6 is 15.9 Å². The summed E-state index contributed by atoms with van der Waals surface area (Å²) in [5, 5.41) is 3.22. The van der Waals surface area contributed by atoms with Crippen molar-refractivity contribution in [1.29, 1.82) is 0 Å².